The molecule has 1 aromatic carbocycles. The maximum Gasteiger partial charge on any atom is 0.416 e. The van der Waals surface area contributed by atoms with Crippen LogP contribution in [-0.4, -0.2) is 62.7 Å². The topological polar surface area (TPSA) is 101 Å². The van der Waals surface area contributed by atoms with E-state index in [0.717, 1.165) is 53.9 Å². The minimum absolute atomic E-state index is 0.111. The number of rotatable bonds is 9. The Labute approximate surface area is 207 Å². The van der Waals surface area contributed by atoms with Gasteiger partial charge in [-0.1, -0.05) is 12.1 Å². The first kappa shape index (κ1) is 25.9. The number of aromatic nitrogens is 3. The molecule has 194 valence electrons. The predicted molar refractivity (Wildman–Crippen MR) is 130 cm³/mol. The quantitative estimate of drug-likeness (QED) is 0.465. The molecule has 0 aliphatic carbocycles. The average molecular weight is 505 g/mol. The maximum atomic E-state index is 12.9. The third kappa shape index (κ3) is 5.96. The number of piperidine rings is 1. The van der Waals surface area contributed by atoms with Gasteiger partial charge in [-0.15, -0.1) is 0 Å². The molecule has 8 nitrogen and oxygen atoms in total. The smallest absolute Gasteiger partial charge is 0.392 e. The molecule has 1 aliphatic heterocycles. The molecule has 0 unspecified atom stereocenters. The van der Waals surface area contributed by atoms with E-state index in [1.54, 1.807) is 0 Å². The molecule has 0 saturated carbocycles. The standard InChI is InChI=1S/C25H31F3N6O2/c1-2-33(13-17-3-5-19(6-4-17)25(26,27)28)23-20-9-12-34(24(20)31-16-30-23)11-8-18-7-10-32(14-21(18)35)15-22(29)36/h3-6,9,12,16,18,21,35H,2,7-8,10-11,13-15H2,1H3,(H2,29,36)/t18-,21+/m0/s1. The molecule has 11 heteroatoms. The summed E-state index contributed by atoms with van der Waals surface area (Å²) in [4.78, 5) is 24.0. The normalized spacial score (nSPS) is 19.0. The molecule has 3 N–H and O–H groups in total. The van der Waals surface area contributed by atoms with Crippen LogP contribution in [0.3, 0.4) is 0 Å². The highest BCUT2D eigenvalue weighted by Crippen LogP contribution is 2.30. The van der Waals surface area contributed by atoms with E-state index in [2.05, 4.69) is 9.97 Å². The van der Waals surface area contributed by atoms with Gasteiger partial charge in [-0.25, -0.2) is 9.97 Å². The zero-order valence-electron chi connectivity index (χ0n) is 20.2. The number of fused-ring (bicyclic) bond motifs is 1. The zero-order chi connectivity index (χ0) is 25.9. The lowest BCUT2D eigenvalue weighted by molar-refractivity contribution is -0.137. The van der Waals surface area contributed by atoms with E-state index in [1.165, 1.54) is 18.5 Å². The molecular weight excluding hydrogens is 473 g/mol. The van der Waals surface area contributed by atoms with Gasteiger partial charge in [-0.05, 0) is 56.0 Å². The second kappa shape index (κ2) is 10.8. The molecule has 2 aromatic heterocycles. The van der Waals surface area contributed by atoms with Crippen LogP contribution in [-0.2, 0) is 24.1 Å². The first-order valence-corrected chi connectivity index (χ1v) is 12.1. The van der Waals surface area contributed by atoms with Crippen molar-refractivity contribution in [3.63, 3.8) is 0 Å². The summed E-state index contributed by atoms with van der Waals surface area (Å²) in [6.45, 7) is 4.99. The number of halogens is 3. The highest BCUT2D eigenvalue weighted by Gasteiger charge is 2.30. The number of alkyl halides is 3. The number of hydrogen-bond donors (Lipinski definition) is 2. The van der Waals surface area contributed by atoms with Crippen molar-refractivity contribution >= 4 is 22.8 Å². The number of β-amino-alcohol motifs (C(OH)–C–C–N with tert-alkyl or cyclic N) is 1. The van der Waals surface area contributed by atoms with Crippen molar-refractivity contribution in [2.75, 3.05) is 31.1 Å². The van der Waals surface area contributed by atoms with Gasteiger partial charge in [0, 0.05) is 32.4 Å². The molecule has 0 bridgehead atoms. The van der Waals surface area contributed by atoms with Crippen LogP contribution in [0.1, 0.15) is 30.9 Å². The average Bonchev–Trinajstić information content (AvgIpc) is 3.25. The number of primary amides is 1. The fourth-order valence-corrected chi connectivity index (χ4v) is 4.83. The highest BCUT2D eigenvalue weighted by atomic mass is 19.4. The summed E-state index contributed by atoms with van der Waals surface area (Å²) in [5.41, 5.74) is 6.12. The van der Waals surface area contributed by atoms with Crippen LogP contribution in [0.15, 0.2) is 42.9 Å². The molecule has 36 heavy (non-hydrogen) atoms. The van der Waals surface area contributed by atoms with Gasteiger partial charge in [-0.2, -0.15) is 13.2 Å². The number of likely N-dealkylation sites (tertiary alicyclic amines) is 1. The van der Waals surface area contributed by atoms with Gasteiger partial charge in [0.15, 0.2) is 0 Å². The third-order valence-electron chi connectivity index (χ3n) is 6.80. The van der Waals surface area contributed by atoms with Gasteiger partial charge >= 0.3 is 6.18 Å². The Morgan fingerprint density at radius 3 is 2.61 bits per heavy atom. The number of anilines is 1. The van der Waals surface area contributed by atoms with Crippen molar-refractivity contribution in [1.82, 2.24) is 19.4 Å². The van der Waals surface area contributed by atoms with E-state index in [0.29, 0.717) is 26.2 Å². The van der Waals surface area contributed by atoms with E-state index >= 15 is 0 Å². The molecule has 1 saturated heterocycles. The van der Waals surface area contributed by atoms with E-state index in [-0.39, 0.29) is 12.5 Å². The van der Waals surface area contributed by atoms with Crippen LogP contribution in [0.25, 0.3) is 11.0 Å². The largest absolute Gasteiger partial charge is 0.416 e. The van der Waals surface area contributed by atoms with Crippen LogP contribution in [0.4, 0.5) is 19.0 Å². The summed E-state index contributed by atoms with van der Waals surface area (Å²) in [7, 11) is 0. The van der Waals surface area contributed by atoms with Gasteiger partial charge in [0.25, 0.3) is 0 Å². The van der Waals surface area contributed by atoms with E-state index in [9.17, 15) is 23.1 Å². The van der Waals surface area contributed by atoms with Gasteiger partial charge < -0.3 is 20.3 Å². The maximum absolute atomic E-state index is 12.9. The fourth-order valence-electron chi connectivity index (χ4n) is 4.83. The molecule has 0 spiro atoms. The third-order valence-corrected chi connectivity index (χ3v) is 6.80. The SMILES string of the molecule is CCN(Cc1ccc(C(F)(F)F)cc1)c1ncnc2c1ccn2CC[C@@H]1CCN(CC(N)=O)C[C@H]1O. The molecule has 3 heterocycles. The zero-order valence-corrected chi connectivity index (χ0v) is 20.2. The van der Waals surface area contributed by atoms with Gasteiger partial charge in [0.1, 0.15) is 17.8 Å². The number of carbonyl (C=O) groups is 1. The number of aliphatic hydroxyl groups is 1. The summed E-state index contributed by atoms with van der Waals surface area (Å²) in [5.74, 6) is 0.440. The Bertz CT molecular complexity index is 1180. The molecule has 4 rings (SSSR count). The minimum atomic E-state index is -4.36. The second-order valence-electron chi connectivity index (χ2n) is 9.26. The summed E-state index contributed by atoms with van der Waals surface area (Å²) in [5, 5.41) is 11.4. The van der Waals surface area contributed by atoms with Crippen LogP contribution >= 0.6 is 0 Å². The van der Waals surface area contributed by atoms with Crippen LogP contribution in [0, 0.1) is 5.92 Å². The van der Waals surface area contributed by atoms with Crippen LogP contribution < -0.4 is 10.6 Å². The Balaban J connectivity index is 1.44. The van der Waals surface area contributed by atoms with Crippen molar-refractivity contribution < 1.29 is 23.1 Å². The Morgan fingerprint density at radius 1 is 1.22 bits per heavy atom. The van der Waals surface area contributed by atoms with Crippen molar-refractivity contribution in [3.05, 3.63) is 54.0 Å². The molecule has 0 radical (unpaired) electrons. The number of carbonyl (C=O) groups excluding carboxylic acids is 1. The fraction of sp³-hybridized carbons (Fsp3) is 0.480. The van der Waals surface area contributed by atoms with E-state index in [1.807, 2.05) is 33.6 Å². The van der Waals surface area contributed by atoms with E-state index in [4.69, 9.17) is 5.73 Å². The Morgan fingerprint density at radius 2 is 1.97 bits per heavy atom. The molecule has 1 fully saturated rings. The molecule has 1 aliphatic rings. The number of hydrogen-bond acceptors (Lipinski definition) is 6. The first-order valence-electron chi connectivity index (χ1n) is 12.1. The van der Waals surface area contributed by atoms with Crippen molar-refractivity contribution in [2.24, 2.45) is 11.7 Å². The molecule has 1 amide bonds. The number of amides is 1. The number of aryl methyl sites for hydroxylation is 1. The molecule has 3 aromatic rings. The Hall–Kier alpha value is -3.18. The van der Waals surface area contributed by atoms with Crippen LogP contribution in [0.2, 0.25) is 0 Å². The lowest BCUT2D eigenvalue weighted by Crippen LogP contribution is -2.47. The van der Waals surface area contributed by atoms with Gasteiger partial charge in [-0.3, -0.25) is 9.69 Å². The van der Waals surface area contributed by atoms with Gasteiger partial charge in [0.2, 0.25) is 5.91 Å². The summed E-state index contributed by atoms with van der Waals surface area (Å²) in [6, 6.07) is 7.14. The summed E-state index contributed by atoms with van der Waals surface area (Å²) >= 11 is 0. The summed E-state index contributed by atoms with van der Waals surface area (Å²) < 4.78 is 40.7. The predicted octanol–water partition coefficient (Wildman–Crippen LogP) is 3.03. The van der Waals surface area contributed by atoms with Crippen molar-refractivity contribution in [3.8, 4) is 0 Å². The summed E-state index contributed by atoms with van der Waals surface area (Å²) in [6.07, 6.45) is 0.109. The number of aliphatic hydroxyl groups excluding tert-OH is 1. The molecular formula is C25H31F3N6O2. The second-order valence-corrected chi connectivity index (χ2v) is 9.26. The highest BCUT2D eigenvalue weighted by molar-refractivity contribution is 5.87. The Kier molecular flexibility index (Phi) is 7.79. The first-order chi connectivity index (χ1) is 17.2. The minimum Gasteiger partial charge on any atom is -0.392 e. The monoisotopic (exact) mass is 504 g/mol. The lowest BCUT2D eigenvalue weighted by Gasteiger charge is -2.35. The number of nitrogens with two attached hydrogens (primary N) is 1. The van der Waals surface area contributed by atoms with Gasteiger partial charge in [0.05, 0.1) is 23.6 Å². The van der Waals surface area contributed by atoms with E-state index < -0.39 is 23.8 Å². The molecule has 2 atom stereocenters. The number of benzene rings is 1. The van der Waals surface area contributed by atoms with Crippen molar-refractivity contribution in [1.29, 1.82) is 0 Å². The lowest BCUT2D eigenvalue weighted by atomic mass is 9.91. The van der Waals surface area contributed by atoms with Crippen molar-refractivity contribution in [2.45, 2.75) is 45.1 Å². The van der Waals surface area contributed by atoms with Crippen LogP contribution in [0.5, 0.6) is 0 Å². The number of nitrogens with zero attached hydrogens (tertiary/aromatic N) is 5.